The van der Waals surface area contributed by atoms with Crippen molar-refractivity contribution >= 4 is 22.3 Å². The molecule has 8 nitrogen and oxygen atoms in total. The number of carbonyl (C=O) groups excluding carboxylic acids is 1. The molecule has 27 heavy (non-hydrogen) atoms. The van der Waals surface area contributed by atoms with Gasteiger partial charge < -0.3 is 9.84 Å². The van der Waals surface area contributed by atoms with Crippen LogP contribution in [-0.4, -0.2) is 31.2 Å². The van der Waals surface area contributed by atoms with E-state index in [1.807, 2.05) is 4.72 Å². The minimum absolute atomic E-state index is 0.00263. The Hall–Kier alpha value is -2.20. The van der Waals surface area contributed by atoms with Crippen LogP contribution < -0.4 is 9.44 Å². The Bertz CT molecular complexity index is 819. The molecule has 0 heterocycles. The predicted octanol–water partition coefficient (Wildman–Crippen LogP) is 2.44. The van der Waals surface area contributed by atoms with Crippen molar-refractivity contribution in [2.75, 3.05) is 0 Å². The average molecular weight is 404 g/mol. The number of benzene rings is 1. The van der Waals surface area contributed by atoms with E-state index < -0.39 is 45.6 Å². The Balaban J connectivity index is 2.86. The highest BCUT2D eigenvalue weighted by Gasteiger charge is 2.33. The summed E-state index contributed by atoms with van der Waals surface area (Å²) >= 11 is 0. The standard InChI is InChI=1S/C17H25FN2O6S/c1-6-17(5,14(21)22)12-8-7-11(13(18)9-12)10-19-27(24,25)20-15(23)26-16(2,3)4/h7-9,19H,6,10H2,1-5H3,(H,20,23)(H,21,22). The van der Waals surface area contributed by atoms with Crippen molar-refractivity contribution in [2.45, 2.75) is 58.6 Å². The fraction of sp³-hybridized carbons (Fsp3) is 0.529. The Kier molecular flexibility index (Phi) is 6.95. The predicted molar refractivity (Wildman–Crippen MR) is 96.8 cm³/mol. The second-order valence-corrected chi connectivity index (χ2v) is 8.73. The molecule has 0 saturated heterocycles. The maximum Gasteiger partial charge on any atom is 0.422 e. The smallest absolute Gasteiger partial charge is 0.422 e. The van der Waals surface area contributed by atoms with Gasteiger partial charge in [0.1, 0.15) is 11.4 Å². The summed E-state index contributed by atoms with van der Waals surface area (Å²) in [5.41, 5.74) is -1.86. The largest absolute Gasteiger partial charge is 0.481 e. The molecule has 0 bridgehead atoms. The van der Waals surface area contributed by atoms with Crippen LogP contribution in [0.15, 0.2) is 18.2 Å². The lowest BCUT2D eigenvalue weighted by Crippen LogP contribution is -2.42. The molecule has 0 aliphatic heterocycles. The first-order chi connectivity index (χ1) is 12.2. The lowest BCUT2D eigenvalue weighted by molar-refractivity contribution is -0.143. The summed E-state index contributed by atoms with van der Waals surface area (Å²) in [6.45, 7) is 7.45. The maximum atomic E-state index is 14.3. The summed E-state index contributed by atoms with van der Waals surface area (Å²) in [6, 6.07) is 3.81. The van der Waals surface area contributed by atoms with E-state index in [9.17, 15) is 27.5 Å². The average Bonchev–Trinajstić information content (AvgIpc) is 2.50. The van der Waals surface area contributed by atoms with Gasteiger partial charge in [0.25, 0.3) is 0 Å². The molecular formula is C17H25FN2O6S. The van der Waals surface area contributed by atoms with Gasteiger partial charge in [0, 0.05) is 12.1 Å². The van der Waals surface area contributed by atoms with Crippen molar-refractivity contribution in [2.24, 2.45) is 0 Å². The quantitative estimate of drug-likeness (QED) is 0.642. The van der Waals surface area contributed by atoms with Crippen molar-refractivity contribution in [1.82, 2.24) is 9.44 Å². The van der Waals surface area contributed by atoms with Crippen LogP contribution in [-0.2, 0) is 31.7 Å². The summed E-state index contributed by atoms with van der Waals surface area (Å²) in [6.07, 6.45) is -0.904. The van der Waals surface area contributed by atoms with E-state index in [0.29, 0.717) is 0 Å². The third-order valence-electron chi connectivity index (χ3n) is 3.94. The van der Waals surface area contributed by atoms with E-state index in [0.717, 1.165) is 6.07 Å². The number of carboxylic acid groups (broad SMARTS) is 1. The van der Waals surface area contributed by atoms with Crippen LogP contribution in [0.5, 0.6) is 0 Å². The Morgan fingerprint density at radius 2 is 1.81 bits per heavy atom. The third-order valence-corrected chi connectivity index (χ3v) is 4.90. The monoisotopic (exact) mass is 404 g/mol. The van der Waals surface area contributed by atoms with Crippen molar-refractivity contribution in [1.29, 1.82) is 0 Å². The molecule has 3 N–H and O–H groups in total. The van der Waals surface area contributed by atoms with Gasteiger partial charge in [-0.15, -0.1) is 0 Å². The minimum Gasteiger partial charge on any atom is -0.481 e. The highest BCUT2D eigenvalue weighted by atomic mass is 32.2. The molecule has 0 radical (unpaired) electrons. The number of rotatable bonds is 7. The number of nitrogens with one attached hydrogen (secondary N) is 2. The molecule has 0 saturated carbocycles. The molecule has 1 unspecified atom stereocenters. The zero-order valence-corrected chi connectivity index (χ0v) is 16.7. The minimum atomic E-state index is -4.26. The fourth-order valence-electron chi connectivity index (χ4n) is 2.13. The van der Waals surface area contributed by atoms with Crippen molar-refractivity contribution in [3.63, 3.8) is 0 Å². The Morgan fingerprint density at radius 3 is 2.26 bits per heavy atom. The number of carbonyl (C=O) groups is 2. The summed E-state index contributed by atoms with van der Waals surface area (Å²) < 4.78 is 46.5. The first-order valence-electron chi connectivity index (χ1n) is 8.23. The zero-order valence-electron chi connectivity index (χ0n) is 15.9. The molecule has 0 aliphatic rings. The van der Waals surface area contributed by atoms with Gasteiger partial charge in [0.15, 0.2) is 0 Å². The van der Waals surface area contributed by atoms with Crippen LogP contribution in [0.2, 0.25) is 0 Å². The second-order valence-electron chi connectivity index (χ2n) is 7.23. The normalized spacial score (nSPS) is 14.3. The molecule has 1 amide bonds. The van der Waals surface area contributed by atoms with E-state index in [1.165, 1.54) is 19.1 Å². The van der Waals surface area contributed by atoms with Gasteiger partial charge in [0.05, 0.1) is 5.41 Å². The highest BCUT2D eigenvalue weighted by molar-refractivity contribution is 7.88. The molecule has 1 rings (SSSR count). The maximum absolute atomic E-state index is 14.3. The molecular weight excluding hydrogens is 379 g/mol. The lowest BCUT2D eigenvalue weighted by atomic mass is 9.80. The second kappa shape index (κ2) is 8.22. The number of ether oxygens (including phenoxy) is 1. The third kappa shape index (κ3) is 6.47. The SMILES string of the molecule is CCC(C)(C(=O)O)c1ccc(CNS(=O)(=O)NC(=O)OC(C)(C)C)c(F)c1. The number of carboxylic acids is 1. The number of aliphatic carboxylic acids is 1. The van der Waals surface area contributed by atoms with Crippen LogP contribution in [0.25, 0.3) is 0 Å². The molecule has 152 valence electrons. The van der Waals surface area contributed by atoms with Gasteiger partial charge in [0.2, 0.25) is 0 Å². The first kappa shape index (κ1) is 22.8. The number of halogens is 1. The number of hydrogen-bond donors (Lipinski definition) is 3. The number of amides is 1. The van der Waals surface area contributed by atoms with E-state index in [1.54, 1.807) is 32.4 Å². The molecule has 10 heteroatoms. The molecule has 0 fully saturated rings. The molecule has 1 aromatic rings. The highest BCUT2D eigenvalue weighted by Crippen LogP contribution is 2.29. The topological polar surface area (TPSA) is 122 Å². The van der Waals surface area contributed by atoms with Gasteiger partial charge in [-0.05, 0) is 45.7 Å². The van der Waals surface area contributed by atoms with Crippen LogP contribution in [0.4, 0.5) is 9.18 Å². The Labute approximate surface area is 158 Å². The van der Waals surface area contributed by atoms with Gasteiger partial charge in [-0.3, -0.25) is 4.79 Å². The van der Waals surface area contributed by atoms with Gasteiger partial charge >= 0.3 is 22.3 Å². The molecule has 1 aromatic carbocycles. The fourth-order valence-corrected chi connectivity index (χ4v) is 2.81. The zero-order chi connectivity index (χ0) is 21.0. The number of hydrogen-bond acceptors (Lipinski definition) is 5. The van der Waals surface area contributed by atoms with E-state index >= 15 is 0 Å². The van der Waals surface area contributed by atoms with Gasteiger partial charge in [-0.2, -0.15) is 13.1 Å². The molecule has 0 spiro atoms. The molecule has 0 aliphatic carbocycles. The van der Waals surface area contributed by atoms with E-state index in [2.05, 4.69) is 0 Å². The van der Waals surface area contributed by atoms with Crippen LogP contribution >= 0.6 is 0 Å². The van der Waals surface area contributed by atoms with Crippen molar-refractivity contribution < 1.29 is 32.2 Å². The van der Waals surface area contributed by atoms with Gasteiger partial charge in [-0.25, -0.2) is 13.9 Å². The molecule has 0 aromatic heterocycles. The van der Waals surface area contributed by atoms with E-state index in [-0.39, 0.29) is 17.5 Å². The summed E-state index contributed by atoms with van der Waals surface area (Å²) in [5.74, 6) is -1.84. The molecule has 1 atom stereocenters. The first-order valence-corrected chi connectivity index (χ1v) is 9.71. The van der Waals surface area contributed by atoms with Crippen LogP contribution in [0.1, 0.15) is 52.2 Å². The Morgan fingerprint density at radius 1 is 1.22 bits per heavy atom. The van der Waals surface area contributed by atoms with Crippen molar-refractivity contribution in [3.8, 4) is 0 Å². The van der Waals surface area contributed by atoms with Crippen LogP contribution in [0.3, 0.4) is 0 Å². The van der Waals surface area contributed by atoms with Gasteiger partial charge in [-0.1, -0.05) is 19.1 Å². The van der Waals surface area contributed by atoms with Crippen molar-refractivity contribution in [3.05, 3.63) is 35.1 Å². The summed E-state index contributed by atoms with van der Waals surface area (Å²) in [5, 5.41) is 9.35. The van der Waals surface area contributed by atoms with E-state index in [4.69, 9.17) is 4.74 Å². The summed E-state index contributed by atoms with van der Waals surface area (Å²) in [4.78, 5) is 23.0. The summed E-state index contributed by atoms with van der Waals surface area (Å²) in [7, 11) is -4.26. The van der Waals surface area contributed by atoms with Crippen LogP contribution in [0, 0.1) is 5.82 Å². The lowest BCUT2D eigenvalue weighted by Gasteiger charge is -2.24.